The first-order chi connectivity index (χ1) is 2.00. The maximum absolute atomic E-state index is 4.94. The molecule has 0 radical (unpaired) electrons. The standard InChI is InChI=1S/CH2I2O/c1-2-4-3-1/h1H2/q-2. The van der Waals surface area contributed by atoms with Crippen LogP contribution >= 0.6 is 0 Å². The van der Waals surface area contributed by atoms with Crippen molar-refractivity contribution in [3.05, 3.63) is 0 Å². The molecule has 3 heteroatoms. The fourth-order valence-corrected chi connectivity index (χ4v) is 1.86. The molecule has 0 spiro atoms. The number of alkyl halides is 2. The molecule has 1 fully saturated rings. The Kier molecular flexibility index (Phi) is 1.59. The molecule has 0 unspecified atom stereocenters. The Balaban J connectivity index is 2.00. The van der Waals surface area contributed by atoms with Gasteiger partial charge >= 0.3 is 47.1 Å². The summed E-state index contributed by atoms with van der Waals surface area (Å²) in [5.41, 5.74) is 0. The third-order valence-corrected chi connectivity index (χ3v) is 7.42. The molecule has 1 nitrogen and oxygen atoms in total. The Morgan fingerprint density at radius 1 is 1.50 bits per heavy atom. The van der Waals surface area contributed by atoms with Gasteiger partial charge in [0, 0.05) is 0 Å². The van der Waals surface area contributed by atoms with Crippen LogP contribution in [0.15, 0.2) is 0 Å². The van der Waals surface area contributed by atoms with Crippen LogP contribution in [0.5, 0.6) is 0 Å². The van der Waals surface area contributed by atoms with Crippen molar-refractivity contribution >= 4 is 0 Å². The van der Waals surface area contributed by atoms with E-state index in [9.17, 15) is 0 Å². The maximum atomic E-state index is 4.94. The van der Waals surface area contributed by atoms with Gasteiger partial charge in [-0.25, -0.2) is 0 Å². The summed E-state index contributed by atoms with van der Waals surface area (Å²) in [7, 11) is 0. The van der Waals surface area contributed by atoms with Crippen molar-refractivity contribution in [1.82, 2.24) is 0 Å². The second kappa shape index (κ2) is 1.76. The molecule has 0 amide bonds. The van der Waals surface area contributed by atoms with Gasteiger partial charge in [-0.2, -0.15) is 0 Å². The van der Waals surface area contributed by atoms with Crippen LogP contribution in [-0.2, 0) is 1.40 Å². The van der Waals surface area contributed by atoms with Crippen molar-refractivity contribution < 1.29 is 44.6 Å². The van der Waals surface area contributed by atoms with E-state index in [0.717, 1.165) is 0 Å². The third kappa shape index (κ3) is 0.682. The zero-order chi connectivity index (χ0) is 2.83. The molecule has 28 valence electrons. The summed E-state index contributed by atoms with van der Waals surface area (Å²) in [6.45, 7) is 0. The summed E-state index contributed by atoms with van der Waals surface area (Å²) in [6.07, 6.45) is 0. The molecule has 0 saturated carbocycles. The van der Waals surface area contributed by atoms with Crippen molar-refractivity contribution in [1.29, 1.82) is 0 Å². The minimum atomic E-state index is 0.340. The quantitative estimate of drug-likeness (QED) is 0.318. The van der Waals surface area contributed by atoms with Crippen molar-refractivity contribution in [3.8, 4) is 0 Å². The summed E-state index contributed by atoms with van der Waals surface area (Å²) in [5, 5.41) is 0. The first kappa shape index (κ1) is 3.60. The fourth-order valence-electron chi connectivity index (χ4n) is 0.0412. The van der Waals surface area contributed by atoms with E-state index < -0.39 is 0 Å². The van der Waals surface area contributed by atoms with Gasteiger partial charge in [-0.1, -0.05) is 0 Å². The van der Waals surface area contributed by atoms with Gasteiger partial charge in [0.1, 0.15) is 0 Å². The van der Waals surface area contributed by atoms with Crippen LogP contribution in [0.1, 0.15) is 0 Å². The molecule has 1 rings (SSSR count). The monoisotopic (exact) mass is 284 g/mol. The second-order valence-electron chi connectivity index (χ2n) is 0.378. The molecule has 0 aromatic carbocycles. The molecule has 0 atom stereocenters. The molecule has 1 heterocycles. The molecule has 0 N–H and O–H groups in total. The zero-order valence-electron chi connectivity index (χ0n) is 1.87. The first-order valence-electron chi connectivity index (χ1n) is 0.843. The van der Waals surface area contributed by atoms with E-state index in [4.69, 9.17) is 1.40 Å². The van der Waals surface area contributed by atoms with Crippen LogP contribution in [0, 0.1) is 0 Å². The van der Waals surface area contributed by atoms with Gasteiger partial charge in [0.15, 0.2) is 0 Å². The fraction of sp³-hybridized carbons (Fsp3) is 1.00. The van der Waals surface area contributed by atoms with E-state index in [0.29, 0.717) is 43.2 Å². The van der Waals surface area contributed by atoms with Gasteiger partial charge < -0.3 is 0 Å². The molecule has 0 aromatic heterocycles. The Labute approximate surface area is 46.7 Å². The zero-order valence-corrected chi connectivity index (χ0v) is 6.19. The average Bonchev–Trinajstić information content (AvgIpc) is 0.722. The molecular formula is CH2I2O-2. The van der Waals surface area contributed by atoms with E-state index in [1.807, 2.05) is 0 Å². The molecule has 4 heavy (non-hydrogen) atoms. The van der Waals surface area contributed by atoms with E-state index in [1.54, 1.807) is 0 Å². The topological polar surface area (TPSA) is 9.23 Å². The average molecular weight is 284 g/mol. The third-order valence-electron chi connectivity index (χ3n) is 0.165. The van der Waals surface area contributed by atoms with Gasteiger partial charge in [0.05, 0.1) is 0 Å². The summed E-state index contributed by atoms with van der Waals surface area (Å²) in [4.78, 5) is 0. The number of hydrogen-bond donors (Lipinski definition) is 0. The van der Waals surface area contributed by atoms with Crippen LogP contribution in [-0.4, -0.2) is 2.43 Å². The van der Waals surface area contributed by atoms with E-state index in [1.165, 1.54) is 2.43 Å². The van der Waals surface area contributed by atoms with Gasteiger partial charge in [0.25, 0.3) is 0 Å². The van der Waals surface area contributed by atoms with E-state index in [2.05, 4.69) is 0 Å². The SMILES string of the molecule is C1[I-]O[I-]1. The van der Waals surface area contributed by atoms with Gasteiger partial charge in [-0.3, -0.25) is 0 Å². The number of rotatable bonds is 0. The van der Waals surface area contributed by atoms with Crippen molar-refractivity contribution in [2.24, 2.45) is 0 Å². The van der Waals surface area contributed by atoms with Crippen molar-refractivity contribution in [3.63, 3.8) is 0 Å². The normalized spacial score (nSPS) is 28.0. The van der Waals surface area contributed by atoms with Crippen LogP contribution < -0.4 is 43.2 Å². The molecule has 0 aliphatic carbocycles. The van der Waals surface area contributed by atoms with E-state index >= 15 is 0 Å². The summed E-state index contributed by atoms with van der Waals surface area (Å²) in [6, 6.07) is 0. The summed E-state index contributed by atoms with van der Waals surface area (Å²) < 4.78 is 6.44. The van der Waals surface area contributed by atoms with E-state index in [-0.39, 0.29) is 0 Å². The van der Waals surface area contributed by atoms with Crippen molar-refractivity contribution in [2.45, 2.75) is 0 Å². The molecule has 1 saturated heterocycles. The Bertz CT molecular complexity index is 14.0. The Morgan fingerprint density at radius 3 is 1.75 bits per heavy atom. The van der Waals surface area contributed by atoms with Crippen molar-refractivity contribution in [2.75, 3.05) is 2.43 Å². The van der Waals surface area contributed by atoms with Crippen LogP contribution in [0.4, 0.5) is 0 Å². The number of halogens is 2. The molecular weight excluding hydrogens is 282 g/mol. The summed E-state index contributed by atoms with van der Waals surface area (Å²) >= 11 is 0.680. The second-order valence-corrected chi connectivity index (χ2v) is 8.63. The van der Waals surface area contributed by atoms with Gasteiger partial charge in [-0.15, -0.1) is 0 Å². The van der Waals surface area contributed by atoms with Crippen LogP contribution in [0.25, 0.3) is 0 Å². The molecule has 0 bridgehead atoms. The molecule has 1 aliphatic heterocycles. The predicted molar refractivity (Wildman–Crippen MR) is 5.95 cm³/mol. The van der Waals surface area contributed by atoms with Gasteiger partial charge in [0.2, 0.25) is 0 Å². The molecule has 1 aliphatic rings. The Hall–Kier alpha value is 1.42. The number of hydrogen-bond acceptors (Lipinski definition) is 1. The van der Waals surface area contributed by atoms with Crippen LogP contribution in [0.3, 0.4) is 0 Å². The summed E-state index contributed by atoms with van der Waals surface area (Å²) in [5.74, 6) is 0. The molecule has 0 aromatic rings. The van der Waals surface area contributed by atoms with Crippen LogP contribution in [0.2, 0.25) is 0 Å². The Morgan fingerprint density at radius 2 is 1.75 bits per heavy atom. The van der Waals surface area contributed by atoms with Gasteiger partial charge in [-0.05, 0) is 0 Å². The minimum absolute atomic E-state index is 0.340. The predicted octanol–water partition coefficient (Wildman–Crippen LogP) is -6.02. The first-order valence-corrected chi connectivity index (χ1v) is 5.66.